The van der Waals surface area contributed by atoms with Gasteiger partial charge in [0.2, 0.25) is 17.8 Å². The summed E-state index contributed by atoms with van der Waals surface area (Å²) in [6.45, 7) is 15.9. The van der Waals surface area contributed by atoms with Crippen molar-refractivity contribution < 1.29 is 14.4 Å². The number of nitrogens with one attached hydrogen (secondary N) is 4. The summed E-state index contributed by atoms with van der Waals surface area (Å²) in [6.07, 6.45) is 8.36. The lowest BCUT2D eigenvalue weighted by molar-refractivity contribution is -0.133. The smallest absolute Gasteiger partial charge is 0.254 e. The van der Waals surface area contributed by atoms with E-state index in [2.05, 4.69) is 109 Å². The minimum atomic E-state index is -0.380. The average molecular weight is 824 g/mol. The van der Waals surface area contributed by atoms with E-state index in [1.165, 1.54) is 11.4 Å². The van der Waals surface area contributed by atoms with E-state index in [0.29, 0.717) is 36.8 Å². The maximum atomic E-state index is 12.8. The lowest BCUT2D eigenvalue weighted by Crippen LogP contribution is -2.49. The normalized spacial score (nSPS) is 17.9. The van der Waals surface area contributed by atoms with Crippen LogP contribution in [0.25, 0.3) is 11.3 Å². The Labute approximate surface area is 358 Å². The van der Waals surface area contributed by atoms with Crippen LogP contribution in [-0.2, 0) is 21.7 Å². The Balaban J connectivity index is 0.773. The third-order valence-electron chi connectivity index (χ3n) is 12.0. The van der Waals surface area contributed by atoms with Gasteiger partial charge in [0.1, 0.15) is 6.04 Å². The molecule has 4 N–H and O–H groups in total. The van der Waals surface area contributed by atoms with Crippen LogP contribution in [0.4, 0.5) is 28.7 Å². The zero-order valence-electron chi connectivity index (χ0n) is 35.7. The molecular formula is C47H57N11O3. The minimum absolute atomic E-state index is 0.148. The molecule has 1 atom stereocenters. The molecule has 3 amide bonds. The second kappa shape index (κ2) is 18.1. The number of hydrogen-bond donors (Lipinski definition) is 4. The Kier molecular flexibility index (Phi) is 12.3. The zero-order chi connectivity index (χ0) is 42.5. The number of imide groups is 1. The number of carbonyl (C=O) groups excluding carboxylic acids is 3. The topological polar surface area (TPSA) is 153 Å². The number of amides is 3. The Bertz CT molecular complexity index is 2340. The number of aryl methyl sites for hydroxylation is 1. The third kappa shape index (κ3) is 10.4. The summed E-state index contributed by atoms with van der Waals surface area (Å²) < 4.78 is 1.80. The van der Waals surface area contributed by atoms with E-state index in [0.717, 1.165) is 92.4 Å². The molecule has 5 aromatic rings. The number of rotatable bonds is 12. The maximum Gasteiger partial charge on any atom is 0.254 e. The van der Waals surface area contributed by atoms with Crippen molar-refractivity contribution in [3.05, 3.63) is 108 Å². The first kappa shape index (κ1) is 41.5. The van der Waals surface area contributed by atoms with Crippen molar-refractivity contribution >= 4 is 46.4 Å². The molecule has 2 aromatic heterocycles. The van der Waals surface area contributed by atoms with Gasteiger partial charge in [-0.1, -0.05) is 18.2 Å². The van der Waals surface area contributed by atoms with Gasteiger partial charge in [0, 0.05) is 99.5 Å². The molecular weight excluding hydrogens is 767 g/mol. The van der Waals surface area contributed by atoms with Gasteiger partial charge in [-0.2, -0.15) is 5.10 Å². The number of benzene rings is 3. The summed E-state index contributed by atoms with van der Waals surface area (Å²) in [5, 5.41) is 16.5. The largest absolute Gasteiger partial charge is 0.374 e. The van der Waals surface area contributed by atoms with Crippen LogP contribution >= 0.6 is 0 Å². The minimum Gasteiger partial charge on any atom is -0.374 e. The molecule has 318 valence electrons. The summed E-state index contributed by atoms with van der Waals surface area (Å²) in [7, 11) is 0. The fraction of sp³-hybridized carbons (Fsp3) is 0.404. The van der Waals surface area contributed by atoms with Crippen molar-refractivity contribution in [2.75, 3.05) is 66.2 Å². The molecule has 3 aliphatic heterocycles. The summed E-state index contributed by atoms with van der Waals surface area (Å²) in [5.74, 6) is 0.616. The average Bonchev–Trinajstić information content (AvgIpc) is 3.78. The predicted molar refractivity (Wildman–Crippen MR) is 240 cm³/mol. The lowest BCUT2D eigenvalue weighted by atomic mass is 9.95. The quantitative estimate of drug-likeness (QED) is 0.105. The van der Waals surface area contributed by atoms with Crippen LogP contribution < -0.4 is 31.1 Å². The highest BCUT2D eigenvalue weighted by atomic mass is 16.2. The van der Waals surface area contributed by atoms with E-state index >= 15 is 0 Å². The fourth-order valence-electron chi connectivity index (χ4n) is 8.35. The Morgan fingerprint density at radius 3 is 2.34 bits per heavy atom. The van der Waals surface area contributed by atoms with Crippen molar-refractivity contribution in [3.8, 4) is 11.3 Å². The highest BCUT2D eigenvalue weighted by Gasteiger charge is 2.28. The number of piperazine rings is 1. The van der Waals surface area contributed by atoms with Crippen LogP contribution in [0, 0.1) is 12.8 Å². The van der Waals surface area contributed by atoms with Crippen molar-refractivity contribution in [2.45, 2.75) is 71.5 Å². The molecule has 0 radical (unpaired) electrons. The van der Waals surface area contributed by atoms with Gasteiger partial charge >= 0.3 is 0 Å². The molecule has 0 aliphatic carbocycles. The predicted octanol–water partition coefficient (Wildman–Crippen LogP) is 6.33. The molecule has 14 heteroatoms. The van der Waals surface area contributed by atoms with E-state index in [-0.39, 0.29) is 29.3 Å². The number of nitrogens with zero attached hydrogens (tertiary/aromatic N) is 7. The first-order valence-corrected chi connectivity index (χ1v) is 21.5. The number of hydrogen-bond acceptors (Lipinski definition) is 11. The number of aromatic nitrogens is 4. The van der Waals surface area contributed by atoms with Crippen LogP contribution in [0.3, 0.4) is 0 Å². The monoisotopic (exact) mass is 823 g/mol. The number of carbonyl (C=O) groups is 3. The molecule has 0 saturated carbocycles. The molecule has 3 aliphatic rings. The van der Waals surface area contributed by atoms with Gasteiger partial charge in [-0.25, -0.2) is 9.97 Å². The molecule has 3 fully saturated rings. The summed E-state index contributed by atoms with van der Waals surface area (Å²) >= 11 is 0. The highest BCUT2D eigenvalue weighted by molar-refractivity contribution is 6.01. The molecule has 3 saturated heterocycles. The van der Waals surface area contributed by atoms with E-state index < -0.39 is 0 Å². The van der Waals surface area contributed by atoms with E-state index in [1.807, 2.05) is 37.3 Å². The van der Waals surface area contributed by atoms with Crippen molar-refractivity contribution in [1.82, 2.24) is 35.3 Å². The molecule has 1 unspecified atom stereocenters. The van der Waals surface area contributed by atoms with Crippen LogP contribution in [0.5, 0.6) is 0 Å². The maximum absolute atomic E-state index is 12.8. The van der Waals surface area contributed by atoms with Crippen LogP contribution in [0.1, 0.15) is 67.9 Å². The summed E-state index contributed by atoms with van der Waals surface area (Å²) in [4.78, 5) is 53.4. The number of anilines is 5. The van der Waals surface area contributed by atoms with Gasteiger partial charge < -0.3 is 25.8 Å². The van der Waals surface area contributed by atoms with E-state index in [1.54, 1.807) is 23.3 Å². The zero-order valence-corrected chi connectivity index (χ0v) is 35.7. The summed E-state index contributed by atoms with van der Waals surface area (Å²) in [5.41, 5.74) is 8.49. The van der Waals surface area contributed by atoms with Gasteiger partial charge in [0.15, 0.2) is 0 Å². The molecule has 5 heterocycles. The van der Waals surface area contributed by atoms with Crippen LogP contribution in [-0.4, -0.2) is 94.2 Å². The molecule has 61 heavy (non-hydrogen) atoms. The van der Waals surface area contributed by atoms with E-state index in [4.69, 9.17) is 4.98 Å². The first-order chi connectivity index (χ1) is 29.4. The molecule has 8 rings (SSSR count). The standard InChI is InChI=1S/C47H57N11O3/c1-32-26-34(8-9-35(32)28-49-44(60)36-29-50-58(31-36)47(2,3)4)41-16-19-48-46(53-41)52-37-10-12-39(13-11-37)57-24-22-55(23-25-57)30-33-17-20-56(21-18-33)40-7-5-6-38(27-40)51-42-14-15-43(59)54-45(42)61/h5-13,16,19,26-27,29,31,33,42,51H,14-15,17-18,20-25,28,30H2,1-4H3,(H,49,60)(H,48,52,53)(H,54,59,61). The van der Waals surface area contributed by atoms with Crippen molar-refractivity contribution in [2.24, 2.45) is 5.92 Å². The number of piperidine rings is 2. The molecule has 3 aromatic carbocycles. The Morgan fingerprint density at radius 2 is 1.62 bits per heavy atom. The molecule has 0 bridgehead atoms. The Hall–Kier alpha value is -6.28. The molecule has 0 spiro atoms. The van der Waals surface area contributed by atoms with Crippen LogP contribution in [0.2, 0.25) is 0 Å². The van der Waals surface area contributed by atoms with Gasteiger partial charge in [-0.05, 0) is 119 Å². The van der Waals surface area contributed by atoms with Gasteiger partial charge in [-0.15, -0.1) is 0 Å². The SMILES string of the molecule is Cc1cc(-c2ccnc(Nc3ccc(N4CCN(CC5CCN(c6cccc(NC7CCC(=O)NC7=O)c6)CC5)CC4)cc3)n2)ccc1CNC(=O)c1cnn(C(C)(C)C)c1. The second-order valence-corrected chi connectivity index (χ2v) is 17.5. The second-order valence-electron chi connectivity index (χ2n) is 17.5. The summed E-state index contributed by atoms with van der Waals surface area (Å²) in [6, 6.07) is 24.5. The van der Waals surface area contributed by atoms with Gasteiger partial charge in [0.05, 0.1) is 23.0 Å². The van der Waals surface area contributed by atoms with Crippen LogP contribution in [0.15, 0.2) is 91.4 Å². The van der Waals surface area contributed by atoms with Gasteiger partial charge in [0.25, 0.3) is 5.91 Å². The lowest BCUT2D eigenvalue weighted by Gasteiger charge is -2.40. The first-order valence-electron chi connectivity index (χ1n) is 21.5. The van der Waals surface area contributed by atoms with E-state index in [9.17, 15) is 14.4 Å². The third-order valence-corrected chi connectivity index (χ3v) is 12.0. The van der Waals surface area contributed by atoms with Gasteiger partial charge in [-0.3, -0.25) is 29.3 Å². The fourth-order valence-corrected chi connectivity index (χ4v) is 8.35. The highest BCUT2D eigenvalue weighted by Crippen LogP contribution is 2.29. The molecule has 14 nitrogen and oxygen atoms in total. The van der Waals surface area contributed by atoms with Crippen molar-refractivity contribution in [1.29, 1.82) is 0 Å². The Morgan fingerprint density at radius 1 is 0.852 bits per heavy atom. The van der Waals surface area contributed by atoms with Crippen molar-refractivity contribution in [3.63, 3.8) is 0 Å².